The van der Waals surface area contributed by atoms with Gasteiger partial charge < -0.3 is 14.8 Å². The van der Waals surface area contributed by atoms with Gasteiger partial charge in [-0.2, -0.15) is 0 Å². The zero-order valence-corrected chi connectivity index (χ0v) is 10.2. The Morgan fingerprint density at radius 2 is 1.94 bits per heavy atom. The zero-order valence-electron chi connectivity index (χ0n) is 10.2. The van der Waals surface area contributed by atoms with Gasteiger partial charge in [0.2, 0.25) is 0 Å². The molecule has 17 heavy (non-hydrogen) atoms. The van der Waals surface area contributed by atoms with Crippen LogP contribution < -0.4 is 5.32 Å². The van der Waals surface area contributed by atoms with E-state index in [-0.39, 0.29) is 11.6 Å². The summed E-state index contributed by atoms with van der Waals surface area (Å²) in [6, 6.07) is 7.48. The molecule has 0 bridgehead atoms. The molecule has 4 heteroatoms. The molecule has 0 aromatic heterocycles. The maximum absolute atomic E-state index is 11.3. The Morgan fingerprint density at radius 1 is 1.29 bits per heavy atom. The van der Waals surface area contributed by atoms with Crippen molar-refractivity contribution >= 4 is 5.97 Å². The van der Waals surface area contributed by atoms with Gasteiger partial charge in [-0.05, 0) is 17.7 Å². The van der Waals surface area contributed by atoms with Crippen LogP contribution in [0.15, 0.2) is 24.3 Å². The molecule has 0 radical (unpaired) electrons. The van der Waals surface area contributed by atoms with Gasteiger partial charge >= 0.3 is 5.97 Å². The van der Waals surface area contributed by atoms with E-state index in [2.05, 4.69) is 10.1 Å². The molecule has 0 amide bonds. The highest BCUT2D eigenvalue weighted by molar-refractivity contribution is 5.89. The molecular weight excluding hydrogens is 218 g/mol. The van der Waals surface area contributed by atoms with Crippen molar-refractivity contribution in [2.24, 2.45) is 0 Å². The second-order valence-electron chi connectivity index (χ2n) is 4.36. The first kappa shape index (κ1) is 12.1. The lowest BCUT2D eigenvalue weighted by atomic mass is 9.88. The van der Waals surface area contributed by atoms with Crippen molar-refractivity contribution in [2.45, 2.75) is 12.0 Å². The van der Waals surface area contributed by atoms with Gasteiger partial charge in [-0.1, -0.05) is 12.1 Å². The Balaban J connectivity index is 2.05. The number of carbonyl (C=O) groups excluding carboxylic acids is 1. The van der Waals surface area contributed by atoms with Crippen LogP contribution in [0, 0.1) is 0 Å². The smallest absolute Gasteiger partial charge is 0.337 e. The van der Waals surface area contributed by atoms with E-state index in [9.17, 15) is 4.79 Å². The van der Waals surface area contributed by atoms with Crippen LogP contribution in [0.3, 0.4) is 0 Å². The first-order valence-corrected chi connectivity index (χ1v) is 5.62. The van der Waals surface area contributed by atoms with Gasteiger partial charge in [0.1, 0.15) is 0 Å². The Labute approximate surface area is 101 Å². The van der Waals surface area contributed by atoms with E-state index >= 15 is 0 Å². The molecule has 1 heterocycles. The summed E-state index contributed by atoms with van der Waals surface area (Å²) in [6.45, 7) is 1.75. The average molecular weight is 235 g/mol. The van der Waals surface area contributed by atoms with Crippen LogP contribution in [0.1, 0.15) is 15.9 Å². The molecule has 0 atom stereocenters. The maximum atomic E-state index is 11.3. The second-order valence-corrected chi connectivity index (χ2v) is 4.36. The largest absolute Gasteiger partial charge is 0.465 e. The SMILES string of the molecule is COC(=O)c1ccc(CC2(OC)CNC2)cc1. The molecule has 92 valence electrons. The van der Waals surface area contributed by atoms with Crippen molar-refractivity contribution in [3.05, 3.63) is 35.4 Å². The lowest BCUT2D eigenvalue weighted by Crippen LogP contribution is -2.61. The fraction of sp³-hybridized carbons (Fsp3) is 0.462. The third-order valence-corrected chi connectivity index (χ3v) is 3.23. The standard InChI is InChI=1S/C13H17NO3/c1-16-12(15)11-5-3-10(4-6-11)7-13(17-2)8-14-9-13/h3-6,14H,7-9H2,1-2H3. The molecule has 1 N–H and O–H groups in total. The van der Waals surface area contributed by atoms with Crippen molar-refractivity contribution in [1.82, 2.24) is 5.32 Å². The van der Waals surface area contributed by atoms with Crippen molar-refractivity contribution in [1.29, 1.82) is 0 Å². The summed E-state index contributed by atoms with van der Waals surface area (Å²) in [5.74, 6) is -0.302. The van der Waals surface area contributed by atoms with Crippen LogP contribution in [0.5, 0.6) is 0 Å². The quantitative estimate of drug-likeness (QED) is 0.791. The average Bonchev–Trinajstić information content (AvgIpc) is 2.33. The molecular formula is C13H17NO3. The van der Waals surface area contributed by atoms with Gasteiger partial charge in [0.05, 0.1) is 18.3 Å². The Morgan fingerprint density at radius 3 is 2.35 bits per heavy atom. The van der Waals surface area contributed by atoms with Crippen LogP contribution in [0.2, 0.25) is 0 Å². The number of hydrogen-bond donors (Lipinski definition) is 1. The molecule has 1 saturated heterocycles. The van der Waals surface area contributed by atoms with Gasteiger partial charge in [0.15, 0.2) is 0 Å². The van der Waals surface area contributed by atoms with E-state index in [1.165, 1.54) is 12.7 Å². The topological polar surface area (TPSA) is 47.6 Å². The highest BCUT2D eigenvalue weighted by atomic mass is 16.5. The third-order valence-electron chi connectivity index (χ3n) is 3.23. The molecule has 0 spiro atoms. The predicted octanol–water partition coefficient (Wildman–Crippen LogP) is 1.00. The zero-order chi connectivity index (χ0) is 12.3. The van der Waals surface area contributed by atoms with Gasteiger partial charge in [-0.25, -0.2) is 4.79 Å². The molecule has 0 saturated carbocycles. The highest BCUT2D eigenvalue weighted by Crippen LogP contribution is 2.22. The first-order valence-electron chi connectivity index (χ1n) is 5.62. The van der Waals surface area contributed by atoms with E-state index in [1.54, 1.807) is 19.2 Å². The molecule has 0 unspecified atom stereocenters. The number of hydrogen-bond acceptors (Lipinski definition) is 4. The van der Waals surface area contributed by atoms with Crippen molar-refractivity contribution in [3.63, 3.8) is 0 Å². The summed E-state index contributed by atoms with van der Waals surface area (Å²) in [7, 11) is 3.12. The molecule has 1 fully saturated rings. The summed E-state index contributed by atoms with van der Waals surface area (Å²) in [4.78, 5) is 11.3. The van der Waals surface area contributed by atoms with Crippen LogP contribution in [0.25, 0.3) is 0 Å². The minimum atomic E-state index is -0.302. The van der Waals surface area contributed by atoms with Gasteiger partial charge in [0, 0.05) is 26.6 Å². The summed E-state index contributed by atoms with van der Waals surface area (Å²) in [5.41, 5.74) is 1.67. The molecule has 1 aromatic rings. The molecule has 1 aromatic carbocycles. The van der Waals surface area contributed by atoms with E-state index in [4.69, 9.17) is 4.74 Å². The Kier molecular flexibility index (Phi) is 3.45. The molecule has 1 aliphatic rings. The van der Waals surface area contributed by atoms with Crippen molar-refractivity contribution in [2.75, 3.05) is 27.3 Å². The Bertz CT molecular complexity index is 390. The van der Waals surface area contributed by atoms with Gasteiger partial charge in [0.25, 0.3) is 0 Å². The molecule has 1 aliphatic heterocycles. The number of benzene rings is 1. The summed E-state index contributed by atoms with van der Waals surface area (Å²) in [6.07, 6.45) is 0.859. The van der Waals surface area contributed by atoms with E-state index in [0.717, 1.165) is 19.5 Å². The summed E-state index contributed by atoms with van der Waals surface area (Å²) >= 11 is 0. The van der Waals surface area contributed by atoms with Crippen molar-refractivity contribution < 1.29 is 14.3 Å². The molecule has 2 rings (SSSR count). The van der Waals surface area contributed by atoms with Crippen LogP contribution in [-0.4, -0.2) is 38.9 Å². The second kappa shape index (κ2) is 4.85. The van der Waals surface area contributed by atoms with Crippen LogP contribution in [0.4, 0.5) is 0 Å². The van der Waals surface area contributed by atoms with Gasteiger partial charge in [-0.3, -0.25) is 0 Å². The Hall–Kier alpha value is -1.39. The number of carbonyl (C=O) groups is 1. The maximum Gasteiger partial charge on any atom is 0.337 e. The molecule has 0 aliphatic carbocycles. The van der Waals surface area contributed by atoms with E-state index < -0.39 is 0 Å². The minimum absolute atomic E-state index is 0.0766. The fourth-order valence-corrected chi connectivity index (χ4v) is 1.99. The number of esters is 1. The monoisotopic (exact) mass is 235 g/mol. The van der Waals surface area contributed by atoms with Crippen LogP contribution in [-0.2, 0) is 15.9 Å². The number of nitrogens with one attached hydrogen (secondary N) is 1. The lowest BCUT2D eigenvalue weighted by Gasteiger charge is -2.41. The predicted molar refractivity (Wildman–Crippen MR) is 64.1 cm³/mol. The van der Waals surface area contributed by atoms with Crippen molar-refractivity contribution in [3.8, 4) is 0 Å². The minimum Gasteiger partial charge on any atom is -0.465 e. The fourth-order valence-electron chi connectivity index (χ4n) is 1.99. The van der Waals surface area contributed by atoms with E-state index in [1.807, 2.05) is 12.1 Å². The highest BCUT2D eigenvalue weighted by Gasteiger charge is 2.36. The number of rotatable bonds is 4. The first-order chi connectivity index (χ1) is 8.19. The van der Waals surface area contributed by atoms with Gasteiger partial charge in [-0.15, -0.1) is 0 Å². The van der Waals surface area contributed by atoms with Crippen LogP contribution >= 0.6 is 0 Å². The number of ether oxygens (including phenoxy) is 2. The third kappa shape index (κ3) is 2.48. The molecule has 4 nitrogen and oxygen atoms in total. The summed E-state index contributed by atoms with van der Waals surface area (Å²) in [5, 5.41) is 3.21. The lowest BCUT2D eigenvalue weighted by molar-refractivity contribution is -0.0502. The van der Waals surface area contributed by atoms with E-state index in [0.29, 0.717) is 5.56 Å². The normalized spacial score (nSPS) is 17.3. The summed E-state index contributed by atoms with van der Waals surface area (Å²) < 4.78 is 10.2. The number of methoxy groups -OCH3 is 2.